The fourth-order valence-corrected chi connectivity index (χ4v) is 3.68. The van der Waals surface area contributed by atoms with Gasteiger partial charge >= 0.3 is 0 Å². The molecule has 4 heterocycles. The molecule has 1 aliphatic rings. The third-order valence-electron chi connectivity index (χ3n) is 3.96. The lowest BCUT2D eigenvalue weighted by atomic mass is 10.3. The number of amides is 1. The zero-order chi connectivity index (χ0) is 16.5. The molecular formula is C14H16N8OS. The van der Waals surface area contributed by atoms with Crippen molar-refractivity contribution in [3.8, 4) is 10.8 Å². The minimum atomic E-state index is 0.0230. The van der Waals surface area contributed by atoms with Crippen molar-refractivity contribution in [1.29, 1.82) is 0 Å². The van der Waals surface area contributed by atoms with E-state index in [1.54, 1.807) is 12.4 Å². The Kier molecular flexibility index (Phi) is 3.73. The lowest BCUT2D eigenvalue weighted by molar-refractivity contribution is 0.0750. The highest BCUT2D eigenvalue weighted by molar-refractivity contribution is 7.17. The molecule has 3 aromatic heterocycles. The van der Waals surface area contributed by atoms with Crippen LogP contribution < -0.4 is 4.90 Å². The Morgan fingerprint density at radius 1 is 1.25 bits per heavy atom. The van der Waals surface area contributed by atoms with Gasteiger partial charge in [-0.25, -0.2) is 15.0 Å². The van der Waals surface area contributed by atoms with Crippen LogP contribution in [0.5, 0.6) is 0 Å². The number of hydrogen-bond acceptors (Lipinski definition) is 7. The first-order valence-electron chi connectivity index (χ1n) is 7.59. The van der Waals surface area contributed by atoms with Gasteiger partial charge in [0.05, 0.1) is 5.69 Å². The number of hydrogen-bond donors (Lipinski definition) is 2. The largest absolute Gasteiger partial charge is 0.339 e. The number of rotatable bonds is 3. The van der Waals surface area contributed by atoms with E-state index in [4.69, 9.17) is 0 Å². The predicted molar refractivity (Wildman–Crippen MR) is 88.9 cm³/mol. The average Bonchev–Trinajstić information content (AvgIpc) is 3.35. The van der Waals surface area contributed by atoms with Gasteiger partial charge in [0.15, 0.2) is 10.8 Å². The second-order valence-corrected chi connectivity index (χ2v) is 6.46. The molecule has 0 aliphatic carbocycles. The van der Waals surface area contributed by atoms with E-state index in [9.17, 15) is 4.79 Å². The molecule has 4 rings (SSSR count). The second kappa shape index (κ2) is 6.04. The molecule has 0 saturated carbocycles. The van der Waals surface area contributed by atoms with Crippen molar-refractivity contribution in [2.24, 2.45) is 0 Å². The molecule has 9 nitrogen and oxygen atoms in total. The monoisotopic (exact) mass is 344 g/mol. The van der Waals surface area contributed by atoms with Crippen molar-refractivity contribution in [1.82, 2.24) is 35.0 Å². The molecule has 0 spiro atoms. The van der Waals surface area contributed by atoms with Crippen LogP contribution in [0.15, 0.2) is 18.7 Å². The molecule has 1 aliphatic heterocycles. The molecule has 24 heavy (non-hydrogen) atoms. The van der Waals surface area contributed by atoms with Crippen LogP contribution >= 0.6 is 11.3 Å². The van der Waals surface area contributed by atoms with Crippen LogP contribution in [0.2, 0.25) is 0 Å². The van der Waals surface area contributed by atoms with Crippen molar-refractivity contribution in [2.75, 3.05) is 31.1 Å². The maximum atomic E-state index is 12.8. The molecule has 1 amide bonds. The fraction of sp³-hybridized carbons (Fsp3) is 0.357. The van der Waals surface area contributed by atoms with Gasteiger partial charge in [0.25, 0.3) is 5.91 Å². The maximum absolute atomic E-state index is 12.8. The minimum Gasteiger partial charge on any atom is -0.339 e. The molecule has 2 N–H and O–H groups in total. The smallest absolute Gasteiger partial charge is 0.265 e. The van der Waals surface area contributed by atoms with E-state index in [0.29, 0.717) is 28.8 Å². The van der Waals surface area contributed by atoms with Crippen LogP contribution in [0, 0.1) is 6.92 Å². The van der Waals surface area contributed by atoms with Gasteiger partial charge < -0.3 is 14.8 Å². The number of thiazole rings is 1. The molecule has 3 aromatic rings. The summed E-state index contributed by atoms with van der Waals surface area (Å²) in [6.07, 6.45) is 4.97. The molecule has 1 fully saturated rings. The quantitative estimate of drug-likeness (QED) is 0.732. The summed E-state index contributed by atoms with van der Waals surface area (Å²) in [7, 11) is 0. The Morgan fingerprint density at radius 2 is 2.08 bits per heavy atom. The molecule has 10 heteroatoms. The van der Waals surface area contributed by atoms with Gasteiger partial charge in [-0.3, -0.25) is 9.89 Å². The number of carbonyl (C=O) groups excluding carboxylic acids is 1. The van der Waals surface area contributed by atoms with E-state index in [1.807, 2.05) is 11.8 Å². The van der Waals surface area contributed by atoms with Gasteiger partial charge in [0.2, 0.25) is 5.95 Å². The topological polar surface area (TPSA) is 107 Å². The molecule has 0 aromatic carbocycles. The summed E-state index contributed by atoms with van der Waals surface area (Å²) in [4.78, 5) is 33.4. The van der Waals surface area contributed by atoms with Crippen molar-refractivity contribution in [2.45, 2.75) is 6.92 Å². The van der Waals surface area contributed by atoms with Gasteiger partial charge in [-0.1, -0.05) is 0 Å². The fourth-order valence-electron chi connectivity index (χ4n) is 2.70. The average molecular weight is 344 g/mol. The summed E-state index contributed by atoms with van der Waals surface area (Å²) in [5.74, 6) is 1.46. The summed E-state index contributed by atoms with van der Waals surface area (Å²) >= 11 is 1.35. The Bertz CT molecular complexity index is 817. The number of aryl methyl sites for hydroxylation is 1. The summed E-state index contributed by atoms with van der Waals surface area (Å²) in [6, 6.07) is 0. The third-order valence-corrected chi connectivity index (χ3v) is 5.11. The van der Waals surface area contributed by atoms with E-state index in [2.05, 4.69) is 35.0 Å². The van der Waals surface area contributed by atoms with Crippen LogP contribution in [0.4, 0.5) is 5.95 Å². The lowest BCUT2D eigenvalue weighted by Crippen LogP contribution is -2.49. The highest BCUT2D eigenvalue weighted by atomic mass is 32.1. The number of H-pyrrole nitrogens is 2. The zero-order valence-electron chi connectivity index (χ0n) is 13.1. The number of imidazole rings is 1. The summed E-state index contributed by atoms with van der Waals surface area (Å²) < 4.78 is 0. The highest BCUT2D eigenvalue weighted by Crippen LogP contribution is 2.26. The summed E-state index contributed by atoms with van der Waals surface area (Å²) in [5.41, 5.74) is 0.727. The summed E-state index contributed by atoms with van der Waals surface area (Å²) in [5, 5.41) is 7.29. The molecule has 124 valence electrons. The van der Waals surface area contributed by atoms with Crippen molar-refractivity contribution < 1.29 is 4.79 Å². The number of nitrogens with zero attached hydrogens (tertiary/aromatic N) is 6. The SMILES string of the molecule is Cc1nc(-c2ncn[nH]2)sc1C(=O)N1CCN(c2ncc[nH]2)CC1. The third kappa shape index (κ3) is 2.64. The maximum Gasteiger partial charge on any atom is 0.265 e. The van der Waals surface area contributed by atoms with E-state index in [0.717, 1.165) is 24.7 Å². The van der Waals surface area contributed by atoms with Crippen LogP contribution in [-0.2, 0) is 0 Å². The first-order chi connectivity index (χ1) is 11.7. The van der Waals surface area contributed by atoms with E-state index in [1.165, 1.54) is 17.7 Å². The van der Waals surface area contributed by atoms with Crippen molar-refractivity contribution in [3.05, 3.63) is 29.3 Å². The number of piperazine rings is 1. The van der Waals surface area contributed by atoms with E-state index in [-0.39, 0.29) is 5.91 Å². The Balaban J connectivity index is 1.47. The molecular weight excluding hydrogens is 328 g/mol. The van der Waals surface area contributed by atoms with Gasteiger partial charge in [-0.15, -0.1) is 11.3 Å². The van der Waals surface area contributed by atoms with Gasteiger partial charge in [0.1, 0.15) is 11.2 Å². The van der Waals surface area contributed by atoms with Gasteiger partial charge in [-0.2, -0.15) is 5.10 Å². The first kappa shape index (κ1) is 14.8. The Morgan fingerprint density at radius 3 is 2.75 bits per heavy atom. The van der Waals surface area contributed by atoms with Gasteiger partial charge in [-0.05, 0) is 6.92 Å². The van der Waals surface area contributed by atoms with E-state index < -0.39 is 0 Å². The van der Waals surface area contributed by atoms with Crippen LogP contribution in [0.25, 0.3) is 10.8 Å². The van der Waals surface area contributed by atoms with Gasteiger partial charge in [0, 0.05) is 38.6 Å². The minimum absolute atomic E-state index is 0.0230. The summed E-state index contributed by atoms with van der Waals surface area (Å²) in [6.45, 7) is 4.68. The van der Waals surface area contributed by atoms with E-state index >= 15 is 0 Å². The number of aromatic nitrogens is 6. The lowest BCUT2D eigenvalue weighted by Gasteiger charge is -2.34. The first-order valence-corrected chi connectivity index (χ1v) is 8.41. The molecule has 0 atom stereocenters. The number of anilines is 1. The molecule has 1 saturated heterocycles. The molecule has 0 radical (unpaired) electrons. The molecule has 0 unspecified atom stereocenters. The second-order valence-electron chi connectivity index (χ2n) is 5.46. The number of nitrogens with one attached hydrogen (secondary N) is 2. The number of aromatic amines is 2. The Hall–Kier alpha value is -2.75. The predicted octanol–water partition coefficient (Wildman–Crippen LogP) is 0.922. The number of carbonyl (C=O) groups is 1. The highest BCUT2D eigenvalue weighted by Gasteiger charge is 2.26. The van der Waals surface area contributed by atoms with Crippen molar-refractivity contribution >= 4 is 23.2 Å². The normalized spacial score (nSPS) is 15.0. The van der Waals surface area contributed by atoms with Crippen LogP contribution in [0.3, 0.4) is 0 Å². The van der Waals surface area contributed by atoms with Crippen molar-refractivity contribution in [3.63, 3.8) is 0 Å². The van der Waals surface area contributed by atoms with Crippen LogP contribution in [-0.4, -0.2) is 67.1 Å². The zero-order valence-corrected chi connectivity index (χ0v) is 13.9. The van der Waals surface area contributed by atoms with Crippen LogP contribution in [0.1, 0.15) is 15.4 Å². The molecule has 0 bridgehead atoms. The Labute approximate surface area is 141 Å². The standard InChI is InChI=1S/C14H16N8OS/c1-9-10(24-12(19-9)11-17-8-18-20-11)13(23)21-4-6-22(7-5-21)14-15-2-3-16-14/h2-3,8H,4-7H2,1H3,(H,15,16)(H,17,18,20).